The van der Waals surface area contributed by atoms with Gasteiger partial charge in [0.05, 0.1) is 6.61 Å². The third-order valence-corrected chi connectivity index (χ3v) is 2.76. The minimum Gasteiger partial charge on any atom is -0.756 e. The van der Waals surface area contributed by atoms with Gasteiger partial charge in [-0.2, -0.15) is 0 Å². The maximum atomic E-state index is 10.2. The number of hydrogen-bond donors (Lipinski definition) is 1. The Morgan fingerprint density at radius 3 is 2.00 bits per heavy atom. The fraction of sp³-hybridized carbons (Fsp3) is 1.00. The van der Waals surface area contributed by atoms with Crippen molar-refractivity contribution in [1.29, 1.82) is 0 Å². The lowest BCUT2D eigenvalue weighted by Gasteiger charge is -2.14. The van der Waals surface area contributed by atoms with Crippen molar-refractivity contribution in [3.63, 3.8) is 0 Å². The van der Waals surface area contributed by atoms with E-state index in [9.17, 15) is 9.46 Å². The second kappa shape index (κ2) is 9.34. The van der Waals surface area contributed by atoms with Crippen LogP contribution in [0, 0.1) is 0 Å². The Kier molecular flexibility index (Phi) is 9.41. The van der Waals surface area contributed by atoms with Crippen molar-refractivity contribution < 1.29 is 18.9 Å². The molecule has 0 aromatic carbocycles. The van der Waals surface area contributed by atoms with Crippen LogP contribution in [0.2, 0.25) is 0 Å². The van der Waals surface area contributed by atoms with Crippen molar-refractivity contribution in [1.82, 2.24) is 0 Å². The highest BCUT2D eigenvalue weighted by atomic mass is 31.2. The zero-order valence-corrected chi connectivity index (χ0v) is 10.4. The number of hydrogen-bond acceptors (Lipinski definition) is 3. The van der Waals surface area contributed by atoms with E-state index < -0.39 is 7.82 Å². The van der Waals surface area contributed by atoms with E-state index in [0.717, 1.165) is 12.8 Å². The van der Waals surface area contributed by atoms with Gasteiger partial charge in [0.15, 0.2) is 0 Å². The Bertz CT molecular complexity index is 178. The van der Waals surface area contributed by atoms with Gasteiger partial charge in [-0.15, -0.1) is 0 Å². The standard InChI is InChI=1S/C10H23O4P/c1-2-3-4-5-6-7-8-9-10-14-15(11,12)13/h2-10H2,1H3,(H2,11,12,13)/p-1. The first-order chi connectivity index (χ1) is 7.06. The molecule has 5 heteroatoms. The molecular formula is C10H22O4P-. The van der Waals surface area contributed by atoms with E-state index in [4.69, 9.17) is 4.89 Å². The minimum atomic E-state index is -4.49. The van der Waals surface area contributed by atoms with Crippen LogP contribution in [0.5, 0.6) is 0 Å². The molecule has 0 aliphatic carbocycles. The van der Waals surface area contributed by atoms with Gasteiger partial charge in [0.25, 0.3) is 7.82 Å². The monoisotopic (exact) mass is 237 g/mol. The van der Waals surface area contributed by atoms with Gasteiger partial charge in [-0.1, -0.05) is 51.9 Å². The number of unbranched alkanes of at least 4 members (excludes halogenated alkanes) is 7. The Morgan fingerprint density at radius 1 is 1.07 bits per heavy atom. The normalized spacial score (nSPS) is 15.1. The molecule has 0 heterocycles. The molecule has 0 aliphatic heterocycles. The molecule has 0 radical (unpaired) electrons. The van der Waals surface area contributed by atoms with Gasteiger partial charge in [0.2, 0.25) is 0 Å². The molecule has 0 bridgehead atoms. The summed E-state index contributed by atoms with van der Waals surface area (Å²) in [5, 5.41) is 0. The quantitative estimate of drug-likeness (QED) is 0.468. The lowest BCUT2D eigenvalue weighted by molar-refractivity contribution is -0.219. The smallest absolute Gasteiger partial charge is 0.265 e. The van der Waals surface area contributed by atoms with Crippen LogP contribution in [0.4, 0.5) is 0 Å². The van der Waals surface area contributed by atoms with Gasteiger partial charge >= 0.3 is 0 Å². The predicted octanol–water partition coefficient (Wildman–Crippen LogP) is 2.60. The van der Waals surface area contributed by atoms with E-state index in [2.05, 4.69) is 11.4 Å². The highest BCUT2D eigenvalue weighted by Crippen LogP contribution is 2.30. The summed E-state index contributed by atoms with van der Waals surface area (Å²) in [6.07, 6.45) is 9.08. The molecule has 0 aromatic rings. The average Bonchev–Trinajstić information content (AvgIpc) is 2.14. The van der Waals surface area contributed by atoms with Crippen LogP contribution in [-0.2, 0) is 9.09 Å². The largest absolute Gasteiger partial charge is 0.756 e. The lowest BCUT2D eigenvalue weighted by Crippen LogP contribution is -2.04. The molecule has 92 valence electrons. The van der Waals surface area contributed by atoms with Crippen LogP contribution in [0.15, 0.2) is 0 Å². The van der Waals surface area contributed by atoms with Crippen molar-refractivity contribution in [2.75, 3.05) is 6.61 Å². The second-order valence-corrected chi connectivity index (χ2v) is 4.97. The SMILES string of the molecule is CCCCCCCCCCOP(=O)([O-])O. The summed E-state index contributed by atoms with van der Waals surface area (Å²) in [7, 11) is -4.49. The first-order valence-electron chi connectivity index (χ1n) is 5.74. The van der Waals surface area contributed by atoms with E-state index in [0.29, 0.717) is 6.42 Å². The maximum absolute atomic E-state index is 10.2. The molecule has 0 saturated heterocycles. The predicted molar refractivity (Wildman–Crippen MR) is 58.4 cm³/mol. The first-order valence-corrected chi connectivity index (χ1v) is 7.24. The van der Waals surface area contributed by atoms with Crippen LogP contribution in [0.25, 0.3) is 0 Å². The number of rotatable bonds is 10. The molecule has 1 N–H and O–H groups in total. The third kappa shape index (κ3) is 14.1. The van der Waals surface area contributed by atoms with Crippen LogP contribution in [0.1, 0.15) is 58.3 Å². The van der Waals surface area contributed by atoms with Gasteiger partial charge in [0, 0.05) is 0 Å². The van der Waals surface area contributed by atoms with Crippen molar-refractivity contribution >= 4 is 7.82 Å². The Morgan fingerprint density at radius 2 is 1.53 bits per heavy atom. The van der Waals surface area contributed by atoms with Crippen molar-refractivity contribution in [2.45, 2.75) is 58.3 Å². The summed E-state index contributed by atoms with van der Waals surface area (Å²) < 4.78 is 14.4. The minimum absolute atomic E-state index is 0.103. The third-order valence-electron chi connectivity index (χ3n) is 2.25. The number of phosphoric acid groups is 1. The molecule has 0 rings (SSSR count). The average molecular weight is 237 g/mol. The highest BCUT2D eigenvalue weighted by Gasteiger charge is 2.00. The zero-order chi connectivity index (χ0) is 11.6. The molecule has 1 unspecified atom stereocenters. The van der Waals surface area contributed by atoms with Crippen LogP contribution >= 0.6 is 7.82 Å². The Labute approximate surface area is 92.3 Å². The highest BCUT2D eigenvalue weighted by molar-refractivity contribution is 7.44. The van der Waals surface area contributed by atoms with E-state index in [1.807, 2.05) is 0 Å². The summed E-state index contributed by atoms with van der Waals surface area (Å²) in [4.78, 5) is 18.5. The van der Waals surface area contributed by atoms with Gasteiger partial charge < -0.3 is 14.3 Å². The molecule has 0 amide bonds. The Balaban J connectivity index is 3.02. The van der Waals surface area contributed by atoms with Crippen molar-refractivity contribution in [3.05, 3.63) is 0 Å². The molecule has 0 aromatic heterocycles. The van der Waals surface area contributed by atoms with Crippen LogP contribution in [0.3, 0.4) is 0 Å². The fourth-order valence-electron chi connectivity index (χ4n) is 1.42. The van der Waals surface area contributed by atoms with Crippen molar-refractivity contribution in [3.8, 4) is 0 Å². The molecule has 15 heavy (non-hydrogen) atoms. The van der Waals surface area contributed by atoms with E-state index in [-0.39, 0.29) is 6.61 Å². The molecule has 1 atom stereocenters. The van der Waals surface area contributed by atoms with Crippen LogP contribution < -0.4 is 4.89 Å². The maximum Gasteiger partial charge on any atom is 0.265 e. The molecule has 0 saturated carbocycles. The topological polar surface area (TPSA) is 69.6 Å². The molecule has 0 aliphatic rings. The van der Waals surface area contributed by atoms with Crippen LogP contribution in [-0.4, -0.2) is 11.5 Å². The van der Waals surface area contributed by atoms with Gasteiger partial charge in [0.1, 0.15) is 0 Å². The fourth-order valence-corrected chi connectivity index (χ4v) is 1.78. The van der Waals surface area contributed by atoms with Gasteiger partial charge in [-0.05, 0) is 6.42 Å². The van der Waals surface area contributed by atoms with E-state index in [1.165, 1.54) is 32.1 Å². The summed E-state index contributed by atoms with van der Waals surface area (Å²) in [6.45, 7) is 2.29. The first kappa shape index (κ1) is 15.1. The zero-order valence-electron chi connectivity index (χ0n) is 9.48. The Hall–Kier alpha value is 0.110. The summed E-state index contributed by atoms with van der Waals surface area (Å²) in [5.74, 6) is 0. The summed E-state index contributed by atoms with van der Waals surface area (Å²) >= 11 is 0. The lowest BCUT2D eigenvalue weighted by atomic mass is 10.1. The van der Waals surface area contributed by atoms with Crippen molar-refractivity contribution in [2.24, 2.45) is 0 Å². The van der Waals surface area contributed by atoms with Gasteiger partial charge in [-0.25, -0.2) is 0 Å². The summed E-state index contributed by atoms with van der Waals surface area (Å²) in [6, 6.07) is 0. The van der Waals surface area contributed by atoms with Gasteiger partial charge in [-0.3, -0.25) is 4.57 Å². The molecular weight excluding hydrogens is 215 g/mol. The molecule has 4 nitrogen and oxygen atoms in total. The van der Waals surface area contributed by atoms with E-state index >= 15 is 0 Å². The van der Waals surface area contributed by atoms with E-state index in [1.54, 1.807) is 0 Å². The number of phosphoric ester groups is 1. The molecule has 0 spiro atoms. The summed E-state index contributed by atoms with van der Waals surface area (Å²) in [5.41, 5.74) is 0. The second-order valence-electron chi connectivity index (χ2n) is 3.78. The molecule has 0 fully saturated rings.